The molecule has 82 valence electrons. The van der Waals surface area contributed by atoms with E-state index in [9.17, 15) is 9.90 Å². The lowest BCUT2D eigenvalue weighted by atomic mass is 9.98. The summed E-state index contributed by atoms with van der Waals surface area (Å²) in [6.07, 6.45) is 1.49. The monoisotopic (exact) mass is 208 g/mol. The molecule has 0 aliphatic carbocycles. The van der Waals surface area contributed by atoms with Crippen LogP contribution in [0.2, 0.25) is 0 Å². The van der Waals surface area contributed by atoms with Crippen LogP contribution < -0.4 is 0 Å². The maximum atomic E-state index is 11.0. The highest BCUT2D eigenvalue weighted by Gasteiger charge is 2.08. The summed E-state index contributed by atoms with van der Waals surface area (Å²) in [5.41, 5.74) is 0.929. The zero-order chi connectivity index (χ0) is 11.4. The van der Waals surface area contributed by atoms with Crippen molar-refractivity contribution in [2.45, 2.75) is 26.7 Å². The van der Waals surface area contributed by atoms with Crippen molar-refractivity contribution in [2.75, 3.05) is 0 Å². The van der Waals surface area contributed by atoms with Gasteiger partial charge < -0.3 is 10.2 Å². The van der Waals surface area contributed by atoms with E-state index in [4.69, 9.17) is 5.11 Å². The zero-order valence-electron chi connectivity index (χ0n) is 9.03. The quantitative estimate of drug-likeness (QED) is 0.746. The molecule has 0 saturated heterocycles. The number of aromatic hydroxyl groups is 2. The molecule has 1 unspecified atom stereocenters. The van der Waals surface area contributed by atoms with Crippen molar-refractivity contribution in [2.24, 2.45) is 5.92 Å². The maximum Gasteiger partial charge on any atom is 0.157 e. The van der Waals surface area contributed by atoms with Crippen molar-refractivity contribution in [3.63, 3.8) is 0 Å². The average Bonchev–Trinajstić information content (AvgIpc) is 2.19. The van der Waals surface area contributed by atoms with E-state index in [1.165, 1.54) is 12.1 Å². The molecular weight excluding hydrogens is 192 g/mol. The topological polar surface area (TPSA) is 57.5 Å². The fourth-order valence-corrected chi connectivity index (χ4v) is 1.31. The summed E-state index contributed by atoms with van der Waals surface area (Å²) in [5, 5.41) is 18.4. The molecule has 0 heterocycles. The summed E-state index contributed by atoms with van der Waals surface area (Å²) in [4.78, 5) is 11.0. The third-order valence-corrected chi connectivity index (χ3v) is 2.60. The van der Waals surface area contributed by atoms with Gasteiger partial charge in [-0.15, -0.1) is 0 Å². The predicted molar refractivity (Wildman–Crippen MR) is 57.9 cm³/mol. The Labute approximate surface area is 89.4 Å². The number of carbonyl (C=O) groups is 1. The number of phenolic OH excluding ortho intramolecular Hbond substituents is 2. The Kier molecular flexibility index (Phi) is 3.72. The Balaban J connectivity index is 2.58. The number of rotatable bonds is 4. The summed E-state index contributed by atoms with van der Waals surface area (Å²) < 4.78 is 0. The third kappa shape index (κ3) is 3.27. The standard InChI is InChI=1S/C12H16O3/c1-8(9(2)13)3-4-10-5-6-11(14)12(15)7-10/h5-8,14-15H,3-4H2,1-2H3. The highest BCUT2D eigenvalue weighted by atomic mass is 16.3. The molecule has 0 amide bonds. The van der Waals surface area contributed by atoms with Crippen molar-refractivity contribution >= 4 is 5.78 Å². The van der Waals surface area contributed by atoms with E-state index in [2.05, 4.69) is 0 Å². The van der Waals surface area contributed by atoms with Gasteiger partial charge in [0.05, 0.1) is 0 Å². The molecule has 0 aliphatic heterocycles. The first kappa shape index (κ1) is 11.6. The van der Waals surface area contributed by atoms with Gasteiger partial charge in [-0.3, -0.25) is 4.79 Å². The first-order chi connectivity index (χ1) is 7.00. The third-order valence-electron chi connectivity index (χ3n) is 2.60. The molecule has 1 aromatic rings. The van der Waals surface area contributed by atoms with Crippen LogP contribution in [0.25, 0.3) is 0 Å². The van der Waals surface area contributed by atoms with Gasteiger partial charge in [-0.2, -0.15) is 0 Å². The van der Waals surface area contributed by atoms with E-state index >= 15 is 0 Å². The van der Waals surface area contributed by atoms with Gasteiger partial charge in [-0.05, 0) is 37.5 Å². The number of Topliss-reactive ketones (excluding diaryl/α,β-unsaturated/α-hetero) is 1. The molecule has 1 atom stereocenters. The Morgan fingerprint density at radius 2 is 2.00 bits per heavy atom. The van der Waals surface area contributed by atoms with Gasteiger partial charge in [-0.1, -0.05) is 13.0 Å². The van der Waals surface area contributed by atoms with Gasteiger partial charge in [0.2, 0.25) is 0 Å². The maximum absolute atomic E-state index is 11.0. The zero-order valence-corrected chi connectivity index (χ0v) is 9.03. The molecule has 3 nitrogen and oxygen atoms in total. The highest BCUT2D eigenvalue weighted by molar-refractivity contribution is 5.77. The van der Waals surface area contributed by atoms with Crippen LogP contribution in [0, 0.1) is 5.92 Å². The van der Waals surface area contributed by atoms with Gasteiger partial charge in [0, 0.05) is 5.92 Å². The van der Waals surface area contributed by atoms with Crippen LogP contribution >= 0.6 is 0 Å². The van der Waals surface area contributed by atoms with Crippen molar-refractivity contribution in [3.8, 4) is 11.5 Å². The van der Waals surface area contributed by atoms with E-state index in [0.717, 1.165) is 18.4 Å². The first-order valence-electron chi connectivity index (χ1n) is 5.02. The predicted octanol–water partition coefficient (Wildman–Crippen LogP) is 2.26. The molecular formula is C12H16O3. The summed E-state index contributed by atoms with van der Waals surface area (Å²) in [5.74, 6) is 0.000269. The Morgan fingerprint density at radius 1 is 1.33 bits per heavy atom. The highest BCUT2D eigenvalue weighted by Crippen LogP contribution is 2.25. The van der Waals surface area contributed by atoms with Crippen molar-refractivity contribution in [3.05, 3.63) is 23.8 Å². The normalized spacial score (nSPS) is 12.4. The van der Waals surface area contributed by atoms with Crippen LogP contribution in [0.15, 0.2) is 18.2 Å². The lowest BCUT2D eigenvalue weighted by Gasteiger charge is -2.07. The van der Waals surface area contributed by atoms with E-state index in [-0.39, 0.29) is 23.2 Å². The number of hydrogen-bond donors (Lipinski definition) is 2. The molecule has 0 aromatic heterocycles. The summed E-state index contributed by atoms with van der Waals surface area (Å²) in [7, 11) is 0. The number of carbonyl (C=O) groups excluding carboxylic acids is 1. The number of ketones is 1. The van der Waals surface area contributed by atoms with E-state index < -0.39 is 0 Å². The Morgan fingerprint density at radius 3 is 2.53 bits per heavy atom. The second-order valence-corrected chi connectivity index (χ2v) is 3.87. The summed E-state index contributed by atoms with van der Waals surface area (Å²) in [6.45, 7) is 3.47. The number of aryl methyl sites for hydroxylation is 1. The summed E-state index contributed by atoms with van der Waals surface area (Å²) >= 11 is 0. The Hall–Kier alpha value is -1.51. The number of hydrogen-bond acceptors (Lipinski definition) is 3. The minimum atomic E-state index is -0.113. The van der Waals surface area contributed by atoms with Crippen molar-refractivity contribution in [1.29, 1.82) is 0 Å². The molecule has 2 N–H and O–H groups in total. The largest absolute Gasteiger partial charge is 0.504 e. The molecule has 3 heteroatoms. The van der Waals surface area contributed by atoms with Crippen LogP contribution in [0.5, 0.6) is 11.5 Å². The number of phenols is 2. The van der Waals surface area contributed by atoms with Gasteiger partial charge in [0.15, 0.2) is 11.5 Å². The fraction of sp³-hybridized carbons (Fsp3) is 0.417. The van der Waals surface area contributed by atoms with E-state index in [0.29, 0.717) is 0 Å². The first-order valence-corrected chi connectivity index (χ1v) is 5.02. The summed E-state index contributed by atoms with van der Waals surface area (Å²) in [6, 6.07) is 4.74. The van der Waals surface area contributed by atoms with Crippen molar-refractivity contribution < 1.29 is 15.0 Å². The van der Waals surface area contributed by atoms with Gasteiger partial charge in [0.25, 0.3) is 0 Å². The lowest BCUT2D eigenvalue weighted by Crippen LogP contribution is -2.07. The van der Waals surface area contributed by atoms with Crippen LogP contribution in [0.3, 0.4) is 0 Å². The van der Waals surface area contributed by atoms with Crippen LogP contribution in [0.1, 0.15) is 25.8 Å². The molecule has 0 radical (unpaired) electrons. The molecule has 0 fully saturated rings. The minimum absolute atomic E-state index is 0.0425. The molecule has 0 aliphatic rings. The smallest absolute Gasteiger partial charge is 0.157 e. The van der Waals surface area contributed by atoms with Crippen LogP contribution in [-0.4, -0.2) is 16.0 Å². The molecule has 15 heavy (non-hydrogen) atoms. The average molecular weight is 208 g/mol. The molecule has 1 aromatic carbocycles. The van der Waals surface area contributed by atoms with Crippen LogP contribution in [0.4, 0.5) is 0 Å². The SMILES string of the molecule is CC(=O)C(C)CCc1ccc(O)c(O)c1. The van der Waals surface area contributed by atoms with Crippen molar-refractivity contribution in [1.82, 2.24) is 0 Å². The second kappa shape index (κ2) is 4.82. The Bertz CT molecular complexity index is 358. The van der Waals surface area contributed by atoms with Gasteiger partial charge in [0.1, 0.15) is 5.78 Å². The van der Waals surface area contributed by atoms with Gasteiger partial charge in [-0.25, -0.2) is 0 Å². The van der Waals surface area contributed by atoms with Gasteiger partial charge >= 0.3 is 0 Å². The van der Waals surface area contributed by atoms with Crippen LogP contribution in [-0.2, 0) is 11.2 Å². The fourth-order valence-electron chi connectivity index (χ4n) is 1.31. The molecule has 0 bridgehead atoms. The molecule has 0 spiro atoms. The molecule has 1 rings (SSSR count). The van der Waals surface area contributed by atoms with E-state index in [1.807, 2.05) is 6.92 Å². The lowest BCUT2D eigenvalue weighted by molar-refractivity contribution is -0.120. The molecule has 0 saturated carbocycles. The van der Waals surface area contributed by atoms with E-state index in [1.54, 1.807) is 13.0 Å². The number of benzene rings is 1. The second-order valence-electron chi connectivity index (χ2n) is 3.87. The minimum Gasteiger partial charge on any atom is -0.504 e.